The minimum Gasteiger partial charge on any atom is -0.465 e. The first kappa shape index (κ1) is 21.0. The lowest BCUT2D eigenvalue weighted by Gasteiger charge is -2.09. The van der Waals surface area contributed by atoms with Crippen LogP contribution in [-0.2, 0) is 32.5 Å². The predicted octanol–water partition coefficient (Wildman–Crippen LogP) is 2.82. The minimum atomic E-state index is -3.49. The average Bonchev–Trinajstić information content (AvgIpc) is 3.01. The molecule has 1 aromatic heterocycles. The van der Waals surface area contributed by atoms with Gasteiger partial charge < -0.3 is 9.30 Å². The molecule has 3 rings (SSSR count). The molecule has 3 aromatic rings. The molecule has 0 amide bonds. The van der Waals surface area contributed by atoms with Crippen molar-refractivity contribution in [1.82, 2.24) is 14.3 Å². The van der Waals surface area contributed by atoms with Crippen molar-refractivity contribution in [3.05, 3.63) is 59.9 Å². The molecule has 2 aromatic carbocycles. The Balaban J connectivity index is 1.48. The number of sulfonamides is 1. The Labute approximate surface area is 170 Å². The molecule has 0 fully saturated rings. The van der Waals surface area contributed by atoms with Gasteiger partial charge in [0.15, 0.2) is 0 Å². The van der Waals surface area contributed by atoms with E-state index in [0.29, 0.717) is 25.1 Å². The summed E-state index contributed by atoms with van der Waals surface area (Å²) in [5.74, 6) is 0.602. The van der Waals surface area contributed by atoms with Gasteiger partial charge in [0.25, 0.3) is 0 Å². The highest BCUT2D eigenvalue weighted by Gasteiger charge is 2.13. The van der Waals surface area contributed by atoms with Crippen LogP contribution in [0.25, 0.3) is 11.0 Å². The summed E-state index contributed by atoms with van der Waals surface area (Å²) in [7, 11) is -3.49. The molecule has 0 saturated carbocycles. The SMILES string of the molecule is CCNS(=O)(=O)c1ccc(CC(=O)OCCCn2c(C)nc3ccccc32)cc1. The smallest absolute Gasteiger partial charge is 0.310 e. The third kappa shape index (κ3) is 5.21. The van der Waals surface area contributed by atoms with Crippen molar-refractivity contribution >= 4 is 27.0 Å². The summed E-state index contributed by atoms with van der Waals surface area (Å²) >= 11 is 0. The molecule has 0 spiro atoms. The molecule has 0 saturated heterocycles. The summed E-state index contributed by atoms with van der Waals surface area (Å²) in [6.07, 6.45) is 0.793. The van der Waals surface area contributed by atoms with E-state index in [1.165, 1.54) is 12.1 Å². The van der Waals surface area contributed by atoms with Crippen molar-refractivity contribution < 1.29 is 17.9 Å². The van der Waals surface area contributed by atoms with E-state index in [0.717, 1.165) is 23.4 Å². The van der Waals surface area contributed by atoms with Gasteiger partial charge in [-0.25, -0.2) is 18.1 Å². The maximum atomic E-state index is 12.1. The fourth-order valence-electron chi connectivity index (χ4n) is 3.16. The van der Waals surface area contributed by atoms with Crippen LogP contribution in [0.5, 0.6) is 0 Å². The molecule has 7 nitrogen and oxygen atoms in total. The third-order valence-electron chi connectivity index (χ3n) is 4.55. The maximum absolute atomic E-state index is 12.1. The molecular formula is C21H25N3O4S. The first-order chi connectivity index (χ1) is 13.9. The molecule has 0 radical (unpaired) electrons. The number of carbonyl (C=O) groups is 1. The van der Waals surface area contributed by atoms with E-state index < -0.39 is 10.0 Å². The van der Waals surface area contributed by atoms with Gasteiger partial charge in [0, 0.05) is 13.1 Å². The number of esters is 1. The fourth-order valence-corrected chi connectivity index (χ4v) is 4.21. The van der Waals surface area contributed by atoms with E-state index in [-0.39, 0.29) is 17.3 Å². The van der Waals surface area contributed by atoms with Gasteiger partial charge in [-0.1, -0.05) is 31.2 Å². The second-order valence-electron chi connectivity index (χ2n) is 6.70. The van der Waals surface area contributed by atoms with E-state index in [4.69, 9.17) is 4.74 Å². The van der Waals surface area contributed by atoms with Crippen molar-refractivity contribution in [3.8, 4) is 0 Å². The molecule has 0 unspecified atom stereocenters. The lowest BCUT2D eigenvalue weighted by Crippen LogP contribution is -2.23. The zero-order valence-corrected chi connectivity index (χ0v) is 17.4. The number of aromatic nitrogens is 2. The van der Waals surface area contributed by atoms with Crippen LogP contribution in [0.15, 0.2) is 53.4 Å². The molecule has 8 heteroatoms. The van der Waals surface area contributed by atoms with E-state index in [2.05, 4.69) is 14.3 Å². The number of ether oxygens (including phenoxy) is 1. The largest absolute Gasteiger partial charge is 0.465 e. The molecule has 0 bridgehead atoms. The molecule has 0 aliphatic heterocycles. The number of rotatable bonds is 9. The molecule has 0 aliphatic rings. The van der Waals surface area contributed by atoms with Gasteiger partial charge in [0.1, 0.15) is 5.82 Å². The van der Waals surface area contributed by atoms with Gasteiger partial charge >= 0.3 is 5.97 Å². The quantitative estimate of drug-likeness (QED) is 0.429. The minimum absolute atomic E-state index is 0.106. The number of benzene rings is 2. The maximum Gasteiger partial charge on any atom is 0.310 e. The Morgan fingerprint density at radius 1 is 1.14 bits per heavy atom. The van der Waals surface area contributed by atoms with Crippen LogP contribution >= 0.6 is 0 Å². The van der Waals surface area contributed by atoms with E-state index in [9.17, 15) is 13.2 Å². The van der Waals surface area contributed by atoms with Gasteiger partial charge in [-0.05, 0) is 43.2 Å². The van der Waals surface area contributed by atoms with Crippen molar-refractivity contribution in [2.24, 2.45) is 0 Å². The van der Waals surface area contributed by atoms with Crippen LogP contribution in [-0.4, -0.2) is 37.1 Å². The number of imidazole rings is 1. The zero-order valence-electron chi connectivity index (χ0n) is 16.6. The molecule has 29 heavy (non-hydrogen) atoms. The Bertz CT molecular complexity index is 1090. The average molecular weight is 416 g/mol. The molecule has 1 N–H and O–H groups in total. The van der Waals surface area contributed by atoms with Gasteiger partial charge in [-0.2, -0.15) is 0 Å². The van der Waals surface area contributed by atoms with Crippen molar-refractivity contribution in [2.75, 3.05) is 13.2 Å². The number of hydrogen-bond donors (Lipinski definition) is 1. The second-order valence-corrected chi connectivity index (χ2v) is 8.46. The summed E-state index contributed by atoms with van der Waals surface area (Å²) in [6, 6.07) is 14.2. The summed E-state index contributed by atoms with van der Waals surface area (Å²) in [5, 5.41) is 0. The lowest BCUT2D eigenvalue weighted by atomic mass is 10.1. The van der Waals surface area contributed by atoms with Gasteiger partial charge in [-0.15, -0.1) is 0 Å². The zero-order chi connectivity index (χ0) is 20.9. The molecule has 154 valence electrons. The Hall–Kier alpha value is -2.71. The fraction of sp³-hybridized carbons (Fsp3) is 0.333. The third-order valence-corrected chi connectivity index (χ3v) is 6.11. The highest BCUT2D eigenvalue weighted by molar-refractivity contribution is 7.89. The summed E-state index contributed by atoms with van der Waals surface area (Å²) < 4.78 is 33.7. The number of fused-ring (bicyclic) bond motifs is 1. The van der Waals surface area contributed by atoms with E-state index >= 15 is 0 Å². The van der Waals surface area contributed by atoms with Gasteiger partial charge in [0.05, 0.1) is 29.0 Å². The van der Waals surface area contributed by atoms with Crippen LogP contribution in [0.1, 0.15) is 24.7 Å². The number of para-hydroxylation sites is 2. The number of carbonyl (C=O) groups excluding carboxylic acids is 1. The van der Waals surface area contributed by atoms with E-state index in [1.54, 1.807) is 19.1 Å². The van der Waals surface area contributed by atoms with Crippen molar-refractivity contribution in [2.45, 2.75) is 38.1 Å². The van der Waals surface area contributed by atoms with Gasteiger partial charge in [0.2, 0.25) is 10.0 Å². The number of aryl methyl sites for hydroxylation is 2. The predicted molar refractivity (Wildman–Crippen MR) is 111 cm³/mol. The second kappa shape index (κ2) is 9.19. The monoisotopic (exact) mass is 415 g/mol. The van der Waals surface area contributed by atoms with Gasteiger partial charge in [-0.3, -0.25) is 4.79 Å². The highest BCUT2D eigenvalue weighted by Crippen LogP contribution is 2.16. The number of nitrogens with zero attached hydrogens (tertiary/aromatic N) is 2. The van der Waals surface area contributed by atoms with Crippen LogP contribution in [0.3, 0.4) is 0 Å². The first-order valence-corrected chi connectivity index (χ1v) is 11.0. The molecule has 1 heterocycles. The normalized spacial score (nSPS) is 11.7. The molecular weight excluding hydrogens is 390 g/mol. The topological polar surface area (TPSA) is 90.3 Å². The first-order valence-electron chi connectivity index (χ1n) is 9.57. The van der Waals surface area contributed by atoms with E-state index in [1.807, 2.05) is 31.2 Å². The number of nitrogens with one attached hydrogen (secondary N) is 1. The summed E-state index contributed by atoms with van der Waals surface area (Å²) in [4.78, 5) is 16.8. The Kier molecular flexibility index (Phi) is 6.66. The van der Waals surface area contributed by atoms with Crippen LogP contribution in [0.4, 0.5) is 0 Å². The number of hydrogen-bond acceptors (Lipinski definition) is 5. The van der Waals surface area contributed by atoms with Crippen LogP contribution in [0.2, 0.25) is 0 Å². The Morgan fingerprint density at radius 3 is 2.59 bits per heavy atom. The van der Waals surface area contributed by atoms with Crippen LogP contribution < -0.4 is 4.72 Å². The summed E-state index contributed by atoms with van der Waals surface area (Å²) in [5.41, 5.74) is 2.74. The highest BCUT2D eigenvalue weighted by atomic mass is 32.2. The Morgan fingerprint density at radius 2 is 1.86 bits per heavy atom. The molecule has 0 aliphatic carbocycles. The van der Waals surface area contributed by atoms with Crippen molar-refractivity contribution in [3.63, 3.8) is 0 Å². The van der Waals surface area contributed by atoms with Crippen LogP contribution in [0, 0.1) is 6.92 Å². The standard InChI is InChI=1S/C21H25N3O4S/c1-3-22-29(26,27)18-11-9-17(10-12-18)15-21(25)28-14-6-13-24-16(2)23-19-7-4-5-8-20(19)24/h4-5,7-12,22H,3,6,13-15H2,1-2H3. The van der Waals surface area contributed by atoms with Crippen molar-refractivity contribution in [1.29, 1.82) is 0 Å². The lowest BCUT2D eigenvalue weighted by molar-refractivity contribution is -0.142. The summed E-state index contributed by atoms with van der Waals surface area (Å²) in [6.45, 7) is 5.05. The molecule has 0 atom stereocenters.